The smallest absolute Gasteiger partial charge is 0.132 e. The van der Waals surface area contributed by atoms with Crippen molar-refractivity contribution >= 4 is 17.9 Å². The predicted molar refractivity (Wildman–Crippen MR) is 51.7 cm³/mol. The average Bonchev–Trinajstić information content (AvgIpc) is 2.16. The highest BCUT2D eigenvalue weighted by Gasteiger charge is 2.32. The van der Waals surface area contributed by atoms with Crippen molar-refractivity contribution in [2.75, 3.05) is 0 Å². The molecule has 1 unspecified atom stereocenters. The quantitative estimate of drug-likeness (QED) is 0.641. The topological polar surface area (TPSA) is 51.2 Å². The Balaban J connectivity index is 2.70. The van der Waals surface area contributed by atoms with Crippen LogP contribution in [0.25, 0.3) is 0 Å². The Morgan fingerprint density at radius 1 is 1.00 bits per heavy atom. The Kier molecular flexibility index (Phi) is 3.55. The van der Waals surface area contributed by atoms with Crippen LogP contribution in [0.1, 0.15) is 33.1 Å². The van der Waals surface area contributed by atoms with Crippen molar-refractivity contribution < 1.29 is 14.4 Å². The van der Waals surface area contributed by atoms with Gasteiger partial charge in [-0.15, -0.1) is 0 Å². The molecule has 1 rings (SSSR count). The second-order valence-corrected chi connectivity index (χ2v) is 4.22. The fourth-order valence-corrected chi connectivity index (χ4v) is 2.14. The fraction of sp³-hybridized carbons (Fsp3) is 0.727. The van der Waals surface area contributed by atoms with Crippen LogP contribution < -0.4 is 0 Å². The molecule has 0 bridgehead atoms. The van der Waals surface area contributed by atoms with Gasteiger partial charge in [0.05, 0.1) is 0 Å². The van der Waals surface area contributed by atoms with Crippen molar-refractivity contribution in [3.8, 4) is 0 Å². The fourth-order valence-electron chi connectivity index (χ4n) is 2.14. The number of Topliss-reactive ketones (excluding diaryl/α,β-unsaturated/α-hetero) is 2. The average molecular weight is 196 g/mol. The molecule has 0 saturated heterocycles. The Labute approximate surface area is 83.9 Å². The summed E-state index contributed by atoms with van der Waals surface area (Å²) in [4.78, 5) is 33.1. The standard InChI is InChI=1S/C11H16O3/c1-7(13)10-3-9(6-12)4-11(5-10)8(2)14/h6,9-11H,3-5H2,1-2H3/t9?,10-,11+. The maximum absolute atomic E-state index is 11.2. The van der Waals surface area contributed by atoms with E-state index in [1.807, 2.05) is 0 Å². The first-order valence-electron chi connectivity index (χ1n) is 5.00. The van der Waals surface area contributed by atoms with E-state index in [-0.39, 0.29) is 29.3 Å². The van der Waals surface area contributed by atoms with Gasteiger partial charge < -0.3 is 4.79 Å². The number of carbonyl (C=O) groups excluding carboxylic acids is 3. The molecule has 0 heterocycles. The van der Waals surface area contributed by atoms with Crippen molar-refractivity contribution in [2.24, 2.45) is 17.8 Å². The largest absolute Gasteiger partial charge is 0.303 e. The third-order valence-corrected chi connectivity index (χ3v) is 3.09. The van der Waals surface area contributed by atoms with Crippen LogP contribution in [0.15, 0.2) is 0 Å². The Morgan fingerprint density at radius 2 is 1.43 bits per heavy atom. The molecule has 0 radical (unpaired) electrons. The van der Waals surface area contributed by atoms with E-state index in [0.29, 0.717) is 19.3 Å². The third kappa shape index (κ3) is 2.50. The molecule has 0 amide bonds. The molecule has 0 aromatic carbocycles. The zero-order valence-corrected chi connectivity index (χ0v) is 8.66. The van der Waals surface area contributed by atoms with E-state index < -0.39 is 0 Å². The van der Waals surface area contributed by atoms with Gasteiger partial charge in [0.1, 0.15) is 17.9 Å². The molecule has 0 aromatic heterocycles. The van der Waals surface area contributed by atoms with E-state index in [2.05, 4.69) is 0 Å². The minimum Gasteiger partial charge on any atom is -0.303 e. The first kappa shape index (κ1) is 11.1. The number of hydrogen-bond donors (Lipinski definition) is 0. The molecule has 0 aliphatic heterocycles. The summed E-state index contributed by atoms with van der Waals surface area (Å²) >= 11 is 0. The number of ketones is 2. The van der Waals surface area contributed by atoms with Crippen molar-refractivity contribution in [1.82, 2.24) is 0 Å². The van der Waals surface area contributed by atoms with E-state index in [9.17, 15) is 14.4 Å². The summed E-state index contributed by atoms with van der Waals surface area (Å²) in [6.45, 7) is 3.07. The first-order valence-corrected chi connectivity index (χ1v) is 5.00. The maximum atomic E-state index is 11.2. The van der Waals surface area contributed by atoms with E-state index in [1.54, 1.807) is 0 Å². The molecule has 1 saturated carbocycles. The molecule has 3 heteroatoms. The molecular formula is C11H16O3. The van der Waals surface area contributed by atoms with Gasteiger partial charge in [-0.05, 0) is 33.1 Å². The molecule has 0 aromatic rings. The lowest BCUT2D eigenvalue weighted by atomic mass is 9.73. The number of hydrogen-bond acceptors (Lipinski definition) is 3. The zero-order valence-electron chi connectivity index (χ0n) is 8.66. The number of carbonyl (C=O) groups is 3. The predicted octanol–water partition coefficient (Wildman–Crippen LogP) is 1.40. The second kappa shape index (κ2) is 4.49. The molecule has 3 atom stereocenters. The molecular weight excluding hydrogens is 180 g/mol. The lowest BCUT2D eigenvalue weighted by Gasteiger charge is -2.29. The van der Waals surface area contributed by atoms with Crippen LogP contribution in [0, 0.1) is 17.8 Å². The summed E-state index contributed by atoms with van der Waals surface area (Å²) in [6.07, 6.45) is 2.77. The van der Waals surface area contributed by atoms with Gasteiger partial charge in [0.15, 0.2) is 0 Å². The van der Waals surface area contributed by atoms with Gasteiger partial charge in [-0.2, -0.15) is 0 Å². The van der Waals surface area contributed by atoms with Crippen LogP contribution in [-0.4, -0.2) is 17.9 Å². The third-order valence-electron chi connectivity index (χ3n) is 3.09. The maximum Gasteiger partial charge on any atom is 0.132 e. The first-order chi connectivity index (χ1) is 6.54. The van der Waals surface area contributed by atoms with Crippen LogP contribution in [0.4, 0.5) is 0 Å². The normalized spacial score (nSPS) is 32.3. The van der Waals surface area contributed by atoms with Crippen molar-refractivity contribution in [1.29, 1.82) is 0 Å². The van der Waals surface area contributed by atoms with E-state index in [4.69, 9.17) is 0 Å². The van der Waals surface area contributed by atoms with E-state index in [0.717, 1.165) is 6.29 Å². The molecule has 14 heavy (non-hydrogen) atoms. The lowest BCUT2D eigenvalue weighted by molar-refractivity contribution is -0.127. The number of rotatable bonds is 3. The van der Waals surface area contributed by atoms with Crippen LogP contribution >= 0.6 is 0 Å². The van der Waals surface area contributed by atoms with Gasteiger partial charge in [0.25, 0.3) is 0 Å². The number of aldehydes is 1. The monoisotopic (exact) mass is 196 g/mol. The van der Waals surface area contributed by atoms with E-state index in [1.165, 1.54) is 13.8 Å². The molecule has 1 aliphatic rings. The summed E-state index contributed by atoms with van der Waals surface area (Å²) < 4.78 is 0. The van der Waals surface area contributed by atoms with Gasteiger partial charge in [-0.1, -0.05) is 0 Å². The van der Waals surface area contributed by atoms with Gasteiger partial charge in [-0.25, -0.2) is 0 Å². The minimum absolute atomic E-state index is 0.0900. The summed E-state index contributed by atoms with van der Waals surface area (Å²) in [7, 11) is 0. The van der Waals surface area contributed by atoms with Crippen molar-refractivity contribution in [3.05, 3.63) is 0 Å². The van der Waals surface area contributed by atoms with Crippen molar-refractivity contribution in [3.63, 3.8) is 0 Å². The second-order valence-electron chi connectivity index (χ2n) is 4.22. The van der Waals surface area contributed by atoms with Crippen LogP contribution in [-0.2, 0) is 14.4 Å². The summed E-state index contributed by atoms with van der Waals surface area (Å²) in [5.74, 6) is -0.0853. The molecule has 1 aliphatic carbocycles. The minimum atomic E-state index is -0.105. The molecule has 0 N–H and O–H groups in total. The lowest BCUT2D eigenvalue weighted by Crippen LogP contribution is -2.30. The van der Waals surface area contributed by atoms with Crippen LogP contribution in [0.2, 0.25) is 0 Å². The highest BCUT2D eigenvalue weighted by atomic mass is 16.1. The molecule has 0 spiro atoms. The van der Waals surface area contributed by atoms with Gasteiger partial charge in [-0.3, -0.25) is 9.59 Å². The molecule has 1 fully saturated rings. The highest BCUT2D eigenvalue weighted by Crippen LogP contribution is 2.33. The van der Waals surface area contributed by atoms with Gasteiger partial charge >= 0.3 is 0 Å². The Hall–Kier alpha value is -0.990. The van der Waals surface area contributed by atoms with Gasteiger partial charge in [0.2, 0.25) is 0 Å². The highest BCUT2D eigenvalue weighted by molar-refractivity contribution is 5.83. The summed E-state index contributed by atoms with van der Waals surface area (Å²) in [5, 5.41) is 0. The zero-order chi connectivity index (χ0) is 10.7. The van der Waals surface area contributed by atoms with Crippen molar-refractivity contribution in [2.45, 2.75) is 33.1 Å². The van der Waals surface area contributed by atoms with Crippen LogP contribution in [0.3, 0.4) is 0 Å². The molecule has 3 nitrogen and oxygen atoms in total. The Bertz CT molecular complexity index is 235. The summed E-state index contributed by atoms with van der Waals surface area (Å²) in [5.41, 5.74) is 0. The van der Waals surface area contributed by atoms with E-state index >= 15 is 0 Å². The van der Waals surface area contributed by atoms with Crippen LogP contribution in [0.5, 0.6) is 0 Å². The van der Waals surface area contributed by atoms with Gasteiger partial charge in [0, 0.05) is 17.8 Å². The Morgan fingerprint density at radius 3 is 1.71 bits per heavy atom. The molecule has 78 valence electrons. The summed E-state index contributed by atoms with van der Waals surface area (Å²) in [6, 6.07) is 0. The SMILES string of the molecule is CC(=O)[C@@H]1CC(C=O)C[C@H](C(C)=O)C1.